The Morgan fingerprint density at radius 3 is 2.81 bits per heavy atom. The Kier molecular flexibility index (Phi) is 3.76. The number of benzene rings is 2. The fourth-order valence-electron chi connectivity index (χ4n) is 2.78. The van der Waals surface area contributed by atoms with E-state index in [1.54, 1.807) is 0 Å². The highest BCUT2D eigenvalue weighted by Gasteiger charge is 2.17. The van der Waals surface area contributed by atoms with Gasteiger partial charge in [-0.15, -0.1) is 0 Å². The van der Waals surface area contributed by atoms with E-state index >= 15 is 0 Å². The fourth-order valence-corrected chi connectivity index (χ4v) is 2.78. The summed E-state index contributed by atoms with van der Waals surface area (Å²) < 4.78 is 0. The number of hydrogen-bond acceptors (Lipinski definition) is 2. The summed E-state index contributed by atoms with van der Waals surface area (Å²) in [5, 5.41) is 13.3. The van der Waals surface area contributed by atoms with Crippen LogP contribution in [-0.2, 0) is 17.6 Å². The molecule has 0 saturated heterocycles. The van der Waals surface area contributed by atoms with Crippen LogP contribution in [0.15, 0.2) is 42.5 Å². The van der Waals surface area contributed by atoms with Crippen LogP contribution >= 0.6 is 0 Å². The quantitative estimate of drug-likeness (QED) is 0.908. The van der Waals surface area contributed by atoms with Crippen molar-refractivity contribution in [3.8, 4) is 0 Å². The lowest BCUT2D eigenvalue weighted by atomic mass is 9.94. The number of aliphatic hydroxyl groups excluding tert-OH is 1. The molecule has 0 radical (unpaired) electrons. The van der Waals surface area contributed by atoms with Gasteiger partial charge in [-0.1, -0.05) is 36.4 Å². The molecular formula is C18H19NO2. The minimum atomic E-state index is -0.519. The lowest BCUT2D eigenvalue weighted by molar-refractivity contribution is -0.116. The Bertz CT molecular complexity index is 679. The molecule has 1 unspecified atom stereocenters. The lowest BCUT2D eigenvalue weighted by Crippen LogP contribution is -2.19. The van der Waals surface area contributed by atoms with Crippen LogP contribution in [0.3, 0.4) is 0 Å². The smallest absolute Gasteiger partial charge is 0.224 e. The second kappa shape index (κ2) is 5.70. The Morgan fingerprint density at radius 1 is 1.19 bits per heavy atom. The van der Waals surface area contributed by atoms with Gasteiger partial charge in [-0.2, -0.15) is 0 Å². The molecule has 2 aromatic rings. The highest BCUT2D eigenvalue weighted by Crippen LogP contribution is 2.28. The number of amides is 1. The van der Waals surface area contributed by atoms with Gasteiger partial charge in [-0.25, -0.2) is 0 Å². The van der Waals surface area contributed by atoms with Crippen molar-refractivity contribution >= 4 is 11.6 Å². The van der Waals surface area contributed by atoms with Gasteiger partial charge in [-0.3, -0.25) is 4.79 Å². The average Bonchev–Trinajstić information content (AvgIpc) is 2.49. The van der Waals surface area contributed by atoms with Crippen LogP contribution in [0.5, 0.6) is 0 Å². The second-order valence-corrected chi connectivity index (χ2v) is 5.61. The predicted octanol–water partition coefficient (Wildman–Crippen LogP) is 3.16. The minimum Gasteiger partial charge on any atom is -0.388 e. The fraction of sp³-hybridized carbons (Fsp3) is 0.278. The topological polar surface area (TPSA) is 49.3 Å². The van der Waals surface area contributed by atoms with Crippen LogP contribution in [0, 0.1) is 6.92 Å². The molecule has 1 atom stereocenters. The van der Waals surface area contributed by atoms with Crippen LogP contribution in [0.4, 0.5) is 5.69 Å². The van der Waals surface area contributed by atoms with Gasteiger partial charge in [0.1, 0.15) is 0 Å². The monoisotopic (exact) mass is 281 g/mol. The summed E-state index contributed by atoms with van der Waals surface area (Å²) in [5.74, 6) is 0.0655. The van der Waals surface area contributed by atoms with Crippen molar-refractivity contribution < 1.29 is 9.90 Å². The van der Waals surface area contributed by atoms with Gasteiger partial charge >= 0.3 is 0 Å². The van der Waals surface area contributed by atoms with Gasteiger partial charge < -0.3 is 10.4 Å². The Labute approximate surface area is 124 Å². The summed E-state index contributed by atoms with van der Waals surface area (Å²) in [5.41, 5.74) is 5.25. The molecule has 21 heavy (non-hydrogen) atoms. The first-order valence-corrected chi connectivity index (χ1v) is 7.29. The van der Waals surface area contributed by atoms with E-state index in [1.807, 2.05) is 30.3 Å². The van der Waals surface area contributed by atoms with E-state index in [2.05, 4.69) is 24.4 Å². The third-order valence-electron chi connectivity index (χ3n) is 4.08. The van der Waals surface area contributed by atoms with Crippen molar-refractivity contribution in [3.63, 3.8) is 0 Å². The highest BCUT2D eigenvalue weighted by atomic mass is 16.3. The first-order chi connectivity index (χ1) is 10.1. The third-order valence-corrected chi connectivity index (χ3v) is 4.08. The van der Waals surface area contributed by atoms with E-state index in [0.717, 1.165) is 28.8 Å². The molecule has 1 amide bonds. The van der Waals surface area contributed by atoms with Crippen molar-refractivity contribution in [2.75, 3.05) is 5.32 Å². The first kappa shape index (κ1) is 13.8. The average molecular weight is 281 g/mol. The maximum absolute atomic E-state index is 11.4. The second-order valence-electron chi connectivity index (χ2n) is 5.61. The van der Waals surface area contributed by atoms with Crippen molar-refractivity contribution in [2.45, 2.75) is 32.3 Å². The van der Waals surface area contributed by atoms with Crippen LogP contribution in [0.2, 0.25) is 0 Å². The van der Waals surface area contributed by atoms with Crippen molar-refractivity contribution in [1.29, 1.82) is 0 Å². The number of fused-ring (bicyclic) bond motifs is 1. The molecule has 2 aromatic carbocycles. The zero-order chi connectivity index (χ0) is 14.8. The molecule has 3 heteroatoms. The van der Waals surface area contributed by atoms with E-state index < -0.39 is 6.10 Å². The standard InChI is InChI=1S/C18H19NO2/c1-12-4-2-3-5-13(12)11-17(20)15-6-8-16-14(10-15)7-9-18(21)19-16/h2-6,8,10,17,20H,7,9,11H2,1H3,(H,19,21). The van der Waals surface area contributed by atoms with E-state index in [1.165, 1.54) is 5.56 Å². The number of nitrogens with one attached hydrogen (secondary N) is 1. The van der Waals surface area contributed by atoms with Crippen molar-refractivity contribution in [1.82, 2.24) is 0 Å². The normalized spacial score (nSPS) is 15.2. The van der Waals surface area contributed by atoms with Crippen LogP contribution in [0.25, 0.3) is 0 Å². The number of anilines is 1. The largest absolute Gasteiger partial charge is 0.388 e. The molecule has 1 aliphatic rings. The summed E-state index contributed by atoms with van der Waals surface area (Å²) >= 11 is 0. The molecule has 3 nitrogen and oxygen atoms in total. The van der Waals surface area contributed by atoms with Gasteiger partial charge in [0.15, 0.2) is 0 Å². The molecule has 0 fully saturated rings. The molecule has 3 rings (SSSR count). The first-order valence-electron chi connectivity index (χ1n) is 7.29. The third kappa shape index (κ3) is 2.98. The van der Waals surface area contributed by atoms with Gasteiger partial charge in [0.25, 0.3) is 0 Å². The molecule has 1 heterocycles. The number of aliphatic hydroxyl groups is 1. The van der Waals surface area contributed by atoms with Gasteiger partial charge in [0.05, 0.1) is 6.10 Å². The summed E-state index contributed by atoms with van der Waals surface area (Å²) in [6.07, 6.45) is 1.35. The van der Waals surface area contributed by atoms with E-state index in [0.29, 0.717) is 12.8 Å². The van der Waals surface area contributed by atoms with Crippen molar-refractivity contribution in [3.05, 3.63) is 64.7 Å². The zero-order valence-electron chi connectivity index (χ0n) is 12.1. The number of carbonyl (C=O) groups excluding carboxylic acids is 1. The Balaban J connectivity index is 1.81. The summed E-state index contributed by atoms with van der Waals surface area (Å²) in [6, 6.07) is 13.9. The Hall–Kier alpha value is -2.13. The highest BCUT2D eigenvalue weighted by molar-refractivity contribution is 5.93. The van der Waals surface area contributed by atoms with Gasteiger partial charge in [-0.05, 0) is 41.7 Å². The molecule has 1 aliphatic heterocycles. The number of aryl methyl sites for hydroxylation is 2. The zero-order valence-corrected chi connectivity index (χ0v) is 12.1. The van der Waals surface area contributed by atoms with E-state index in [-0.39, 0.29) is 5.91 Å². The Morgan fingerprint density at radius 2 is 2.00 bits per heavy atom. The molecule has 0 spiro atoms. The SMILES string of the molecule is Cc1ccccc1CC(O)c1ccc2c(c1)CCC(=O)N2. The maximum atomic E-state index is 11.4. The lowest BCUT2D eigenvalue weighted by Gasteiger charge is -2.19. The van der Waals surface area contributed by atoms with Crippen molar-refractivity contribution in [2.24, 2.45) is 0 Å². The maximum Gasteiger partial charge on any atom is 0.224 e. The summed E-state index contributed by atoms with van der Waals surface area (Å²) in [4.78, 5) is 11.4. The van der Waals surface area contributed by atoms with Crippen LogP contribution < -0.4 is 5.32 Å². The molecule has 0 saturated carbocycles. The number of rotatable bonds is 3. The van der Waals surface area contributed by atoms with Gasteiger partial charge in [0.2, 0.25) is 5.91 Å². The summed E-state index contributed by atoms with van der Waals surface area (Å²) in [7, 11) is 0. The summed E-state index contributed by atoms with van der Waals surface area (Å²) in [6.45, 7) is 2.06. The van der Waals surface area contributed by atoms with Crippen LogP contribution in [-0.4, -0.2) is 11.0 Å². The molecule has 108 valence electrons. The van der Waals surface area contributed by atoms with Crippen LogP contribution in [0.1, 0.15) is 34.8 Å². The molecule has 2 N–H and O–H groups in total. The van der Waals surface area contributed by atoms with E-state index in [9.17, 15) is 9.90 Å². The molecular weight excluding hydrogens is 262 g/mol. The minimum absolute atomic E-state index is 0.0655. The molecule has 0 bridgehead atoms. The predicted molar refractivity (Wildman–Crippen MR) is 83.2 cm³/mol. The van der Waals surface area contributed by atoms with Gasteiger partial charge in [0, 0.05) is 18.5 Å². The molecule has 0 aromatic heterocycles. The number of carbonyl (C=O) groups is 1. The number of hydrogen-bond donors (Lipinski definition) is 2. The van der Waals surface area contributed by atoms with E-state index in [4.69, 9.17) is 0 Å². The molecule has 0 aliphatic carbocycles.